The maximum atomic E-state index is 15.7. The zero-order chi connectivity index (χ0) is 33.5. The lowest BCUT2D eigenvalue weighted by Gasteiger charge is -2.40. The molecular weight excluding hydrogens is 589 g/mol. The molecule has 46 heavy (non-hydrogen) atoms. The van der Waals surface area contributed by atoms with Crippen molar-refractivity contribution in [3.05, 3.63) is 47.5 Å². The summed E-state index contributed by atoms with van der Waals surface area (Å²) in [4.78, 5) is 57.0. The van der Waals surface area contributed by atoms with Gasteiger partial charge in [0.05, 0.1) is 5.69 Å². The number of nitrogens with zero attached hydrogens (tertiary/aromatic N) is 4. The van der Waals surface area contributed by atoms with E-state index in [1.54, 1.807) is 41.8 Å². The minimum atomic E-state index is -0.868. The Hall–Kier alpha value is -3.80. The summed E-state index contributed by atoms with van der Waals surface area (Å²) in [5, 5.41) is 12.7. The minimum absolute atomic E-state index is 0.0173. The minimum Gasteiger partial charge on any atom is -0.344 e. The van der Waals surface area contributed by atoms with Gasteiger partial charge in [0.25, 0.3) is 5.91 Å². The number of rotatable bonds is 11. The summed E-state index contributed by atoms with van der Waals surface area (Å²) >= 11 is 0. The molecule has 2 fully saturated rings. The van der Waals surface area contributed by atoms with Crippen molar-refractivity contribution in [1.29, 1.82) is 0 Å². The average molecular weight is 640 g/mol. The van der Waals surface area contributed by atoms with Crippen LogP contribution in [0.4, 0.5) is 10.1 Å². The van der Waals surface area contributed by atoms with Gasteiger partial charge in [-0.3, -0.25) is 23.9 Å². The van der Waals surface area contributed by atoms with Crippen LogP contribution in [-0.2, 0) is 20.9 Å². The largest absolute Gasteiger partial charge is 0.344 e. The number of carbonyl (C=O) groups is 4. The van der Waals surface area contributed by atoms with E-state index in [0.717, 1.165) is 32.2 Å². The summed E-state index contributed by atoms with van der Waals surface area (Å²) in [5.41, 5.74) is 0.863. The number of amides is 4. The number of piperazine rings is 1. The second kappa shape index (κ2) is 15.7. The molecule has 2 heterocycles. The van der Waals surface area contributed by atoms with Gasteiger partial charge in [0.1, 0.15) is 23.6 Å². The van der Waals surface area contributed by atoms with E-state index < -0.39 is 35.6 Å². The summed E-state index contributed by atoms with van der Waals surface area (Å²) in [5.74, 6) is -2.08. The molecule has 252 valence electrons. The fraction of sp³-hybridized carbons (Fsp3) is 0.618. The number of benzene rings is 1. The standard InChI is InChI=1S/C34H50FN7O4/c1-7-29(43)38-30(34(46)41-18-17-40(6)22(4)20-41)23(5)25-13-14-27(26(35)19-25)37-33(45)31(24-11-9-21(3)10-12-24)39-32(44)28-15-16-36-42(28)8-2/h13-16,19,21-24,30-31H,7-12,17-18,20H2,1-6H3,(H,37,45)(H,38,43)(H,39,44)/t21-,22-,23+,24-,30-,31+/m1/s1. The highest BCUT2D eigenvalue weighted by molar-refractivity contribution is 6.00. The van der Waals surface area contributed by atoms with Crippen LogP contribution in [0.1, 0.15) is 88.7 Å². The van der Waals surface area contributed by atoms with Crippen molar-refractivity contribution in [3.63, 3.8) is 0 Å². The van der Waals surface area contributed by atoms with Crippen LogP contribution >= 0.6 is 0 Å². The molecule has 2 aromatic rings. The summed E-state index contributed by atoms with van der Waals surface area (Å²) in [6.07, 6.45) is 5.20. The smallest absolute Gasteiger partial charge is 0.270 e. The van der Waals surface area contributed by atoms with Crippen LogP contribution in [-0.4, -0.2) is 88.0 Å². The van der Waals surface area contributed by atoms with E-state index in [1.165, 1.54) is 12.1 Å². The van der Waals surface area contributed by atoms with Crippen LogP contribution in [0.3, 0.4) is 0 Å². The zero-order valence-corrected chi connectivity index (χ0v) is 28.0. The number of aryl methyl sites for hydroxylation is 1. The summed E-state index contributed by atoms with van der Waals surface area (Å²) < 4.78 is 17.2. The number of anilines is 1. The molecule has 1 saturated heterocycles. The molecule has 4 rings (SSSR count). The maximum Gasteiger partial charge on any atom is 0.270 e. The van der Waals surface area contributed by atoms with Crippen LogP contribution in [0.15, 0.2) is 30.5 Å². The van der Waals surface area contributed by atoms with Gasteiger partial charge in [0.2, 0.25) is 17.7 Å². The van der Waals surface area contributed by atoms with Gasteiger partial charge in [-0.05, 0) is 69.3 Å². The lowest BCUT2D eigenvalue weighted by Crippen LogP contribution is -2.58. The Morgan fingerprint density at radius 3 is 2.37 bits per heavy atom. The van der Waals surface area contributed by atoms with E-state index >= 15 is 4.39 Å². The summed E-state index contributed by atoms with van der Waals surface area (Å²) in [6.45, 7) is 11.9. The zero-order valence-electron chi connectivity index (χ0n) is 28.0. The van der Waals surface area contributed by atoms with Gasteiger partial charge in [0, 0.05) is 50.8 Å². The van der Waals surface area contributed by atoms with Gasteiger partial charge in [-0.2, -0.15) is 5.10 Å². The van der Waals surface area contributed by atoms with Crippen LogP contribution in [0.2, 0.25) is 0 Å². The highest BCUT2D eigenvalue weighted by Crippen LogP contribution is 2.32. The van der Waals surface area contributed by atoms with Crippen molar-refractivity contribution in [1.82, 2.24) is 30.2 Å². The Bertz CT molecular complexity index is 1390. The first-order valence-corrected chi connectivity index (χ1v) is 16.6. The quantitative estimate of drug-likeness (QED) is 0.344. The molecule has 4 amide bonds. The number of hydrogen-bond acceptors (Lipinski definition) is 6. The third-order valence-corrected chi connectivity index (χ3v) is 9.80. The van der Waals surface area contributed by atoms with Crippen molar-refractivity contribution in [2.45, 2.75) is 97.3 Å². The molecule has 1 aliphatic carbocycles. The van der Waals surface area contributed by atoms with Crippen LogP contribution in [0.5, 0.6) is 0 Å². The predicted molar refractivity (Wildman–Crippen MR) is 175 cm³/mol. The lowest BCUT2D eigenvalue weighted by molar-refractivity contribution is -0.139. The van der Waals surface area contributed by atoms with E-state index in [9.17, 15) is 19.2 Å². The first-order chi connectivity index (χ1) is 21.9. The molecule has 2 aliphatic rings. The normalized spacial score (nSPS) is 22.4. The molecule has 1 aromatic carbocycles. The summed E-state index contributed by atoms with van der Waals surface area (Å²) in [7, 11) is 2.02. The first-order valence-electron chi connectivity index (χ1n) is 16.6. The van der Waals surface area contributed by atoms with Gasteiger partial charge < -0.3 is 25.8 Å². The van der Waals surface area contributed by atoms with E-state index in [1.807, 2.05) is 14.0 Å². The Morgan fingerprint density at radius 2 is 1.74 bits per heavy atom. The predicted octanol–water partition coefficient (Wildman–Crippen LogP) is 3.77. The number of carbonyl (C=O) groups excluding carboxylic acids is 4. The van der Waals surface area contributed by atoms with E-state index in [2.05, 4.69) is 39.8 Å². The highest BCUT2D eigenvalue weighted by atomic mass is 19.1. The van der Waals surface area contributed by atoms with Gasteiger partial charge in [-0.25, -0.2) is 4.39 Å². The van der Waals surface area contributed by atoms with Crippen molar-refractivity contribution >= 4 is 29.3 Å². The molecular formula is C34H50FN7O4. The van der Waals surface area contributed by atoms with Gasteiger partial charge in [-0.15, -0.1) is 0 Å². The number of nitrogens with one attached hydrogen (secondary N) is 3. The monoisotopic (exact) mass is 639 g/mol. The van der Waals surface area contributed by atoms with Crippen molar-refractivity contribution < 1.29 is 23.6 Å². The molecule has 3 N–H and O–H groups in total. The van der Waals surface area contributed by atoms with Gasteiger partial charge in [0.15, 0.2) is 0 Å². The SMILES string of the molecule is CCC(=O)N[C@@H](C(=O)N1CCN(C)[C@H](C)C1)[C@@H](C)c1ccc(NC(=O)[C@@H](NC(=O)c2ccnn2CC)[C@H]2CC[C@H](C)CC2)c(F)c1. The number of halogens is 1. The van der Waals surface area contributed by atoms with Crippen LogP contribution in [0.25, 0.3) is 0 Å². The molecule has 0 bridgehead atoms. The molecule has 12 heteroatoms. The van der Waals surface area contributed by atoms with Crippen molar-refractivity contribution in [3.8, 4) is 0 Å². The van der Waals surface area contributed by atoms with Crippen molar-refractivity contribution in [2.75, 3.05) is 32.0 Å². The second-order valence-corrected chi connectivity index (χ2v) is 13.0. The second-order valence-electron chi connectivity index (χ2n) is 13.0. The number of likely N-dealkylation sites (N-methyl/N-ethyl adjacent to an activating group) is 1. The Morgan fingerprint density at radius 1 is 1.02 bits per heavy atom. The topological polar surface area (TPSA) is 129 Å². The van der Waals surface area contributed by atoms with E-state index in [4.69, 9.17) is 0 Å². The Balaban J connectivity index is 1.52. The third-order valence-electron chi connectivity index (χ3n) is 9.80. The molecule has 0 unspecified atom stereocenters. The molecule has 0 radical (unpaired) electrons. The molecule has 11 nitrogen and oxygen atoms in total. The molecule has 1 saturated carbocycles. The fourth-order valence-electron chi connectivity index (χ4n) is 6.45. The van der Waals surface area contributed by atoms with Gasteiger partial charge >= 0.3 is 0 Å². The lowest BCUT2D eigenvalue weighted by atomic mass is 9.79. The van der Waals surface area contributed by atoms with Crippen molar-refractivity contribution in [2.24, 2.45) is 11.8 Å². The number of aromatic nitrogens is 2. The number of hydrogen-bond donors (Lipinski definition) is 3. The average Bonchev–Trinajstić information content (AvgIpc) is 3.53. The molecule has 4 atom stereocenters. The third kappa shape index (κ3) is 8.31. The van der Waals surface area contributed by atoms with E-state index in [-0.39, 0.29) is 35.9 Å². The molecule has 1 aromatic heterocycles. The molecule has 0 spiro atoms. The summed E-state index contributed by atoms with van der Waals surface area (Å²) in [6, 6.07) is 4.53. The van der Waals surface area contributed by atoms with Gasteiger partial charge in [-0.1, -0.05) is 39.7 Å². The Labute approximate surface area is 271 Å². The Kier molecular flexibility index (Phi) is 11.9. The van der Waals surface area contributed by atoms with Crippen LogP contribution in [0, 0.1) is 17.7 Å². The maximum absolute atomic E-state index is 15.7. The van der Waals surface area contributed by atoms with Crippen LogP contribution < -0.4 is 16.0 Å². The first kappa shape index (κ1) is 35.1. The highest BCUT2D eigenvalue weighted by Gasteiger charge is 2.36. The fourth-order valence-corrected chi connectivity index (χ4v) is 6.45. The molecule has 1 aliphatic heterocycles. The van der Waals surface area contributed by atoms with E-state index in [0.29, 0.717) is 36.8 Å².